The van der Waals surface area contributed by atoms with Crippen LogP contribution >= 0.6 is 48.7 Å². The first kappa shape index (κ1) is 25.7. The summed E-state index contributed by atoms with van der Waals surface area (Å²) in [5, 5.41) is 0. The maximum Gasteiger partial charge on any atom is 0.351 e. The Balaban J connectivity index is 1.91. The summed E-state index contributed by atoms with van der Waals surface area (Å²) < 4.78 is 28.9. The standard InChI is InChI=1S/C14H26N3O7P3S2/c1-14(2,3)29-28-8-20-9-6-12(17-5-4-11(15)16-13(17)18)22-10(9)7-21-26-24-27-23-25-19/h4-5,9-10,12,19,25-27H,6-8H2,1-3H3,(H2,15,16,18)/t9?,10-,12-/m1/s1. The highest BCUT2D eigenvalue weighted by Gasteiger charge is 2.38. The van der Waals surface area contributed by atoms with E-state index in [9.17, 15) is 4.79 Å². The third-order valence-electron chi connectivity index (χ3n) is 3.46. The van der Waals surface area contributed by atoms with Crippen LogP contribution in [0.15, 0.2) is 17.1 Å². The summed E-state index contributed by atoms with van der Waals surface area (Å²) in [4.78, 5) is 24.5. The lowest BCUT2D eigenvalue weighted by atomic mass is 10.2. The van der Waals surface area contributed by atoms with Crippen molar-refractivity contribution in [2.75, 3.05) is 18.3 Å². The lowest BCUT2D eigenvalue weighted by Crippen LogP contribution is -2.28. The van der Waals surface area contributed by atoms with Crippen molar-refractivity contribution in [3.05, 3.63) is 22.7 Å². The number of anilines is 1. The van der Waals surface area contributed by atoms with Crippen LogP contribution in [0.4, 0.5) is 5.82 Å². The Morgan fingerprint density at radius 2 is 2.21 bits per heavy atom. The van der Waals surface area contributed by atoms with Crippen molar-refractivity contribution in [3.8, 4) is 0 Å². The molecule has 0 radical (unpaired) electrons. The summed E-state index contributed by atoms with van der Waals surface area (Å²) in [6, 6.07) is 1.55. The zero-order valence-corrected chi connectivity index (χ0v) is 20.8. The number of hydrogen-bond acceptors (Lipinski definition) is 11. The molecule has 2 heterocycles. The normalized spacial score (nSPS) is 23.5. The van der Waals surface area contributed by atoms with E-state index in [1.54, 1.807) is 33.9 Å². The second kappa shape index (κ2) is 13.1. The molecule has 0 bridgehead atoms. The smallest absolute Gasteiger partial charge is 0.351 e. The zero-order chi connectivity index (χ0) is 21.3. The van der Waals surface area contributed by atoms with E-state index in [2.05, 4.69) is 25.8 Å². The van der Waals surface area contributed by atoms with Crippen LogP contribution in [-0.2, 0) is 22.6 Å². The monoisotopic (exact) mass is 505 g/mol. The minimum atomic E-state index is -0.615. The Bertz CT molecular complexity index is 683. The maximum atomic E-state index is 12.1. The Morgan fingerprint density at radius 1 is 1.41 bits per heavy atom. The Kier molecular flexibility index (Phi) is 11.6. The molecule has 166 valence electrons. The molecule has 15 heteroatoms. The fraction of sp³-hybridized carbons (Fsp3) is 0.714. The van der Waals surface area contributed by atoms with Gasteiger partial charge < -0.3 is 24.6 Å². The summed E-state index contributed by atoms with van der Waals surface area (Å²) in [6.45, 7) is 6.65. The topological polar surface area (TPSA) is 127 Å². The summed E-state index contributed by atoms with van der Waals surface area (Å²) >= 11 is 0. The van der Waals surface area contributed by atoms with Gasteiger partial charge in [-0.15, -0.1) is 0 Å². The summed E-state index contributed by atoms with van der Waals surface area (Å²) in [7, 11) is 2.21. The predicted octanol–water partition coefficient (Wildman–Crippen LogP) is 3.20. The quantitative estimate of drug-likeness (QED) is 0.188. The molecule has 3 N–H and O–H groups in total. The van der Waals surface area contributed by atoms with Gasteiger partial charge in [-0.1, -0.05) is 42.4 Å². The number of nitrogens with zero attached hydrogens (tertiary/aromatic N) is 2. The van der Waals surface area contributed by atoms with E-state index in [0.717, 1.165) is 0 Å². The first-order chi connectivity index (χ1) is 13.8. The molecule has 1 aliphatic rings. The first-order valence-electron chi connectivity index (χ1n) is 8.55. The molecule has 0 aliphatic carbocycles. The number of rotatable bonds is 12. The van der Waals surface area contributed by atoms with Crippen molar-refractivity contribution in [3.63, 3.8) is 0 Å². The van der Waals surface area contributed by atoms with Crippen molar-refractivity contribution in [1.29, 1.82) is 0 Å². The van der Waals surface area contributed by atoms with Gasteiger partial charge in [0.15, 0.2) is 27.1 Å². The van der Waals surface area contributed by atoms with Crippen LogP contribution in [0.3, 0.4) is 0 Å². The van der Waals surface area contributed by atoms with E-state index in [1.807, 2.05) is 0 Å². The molecular weight excluding hydrogens is 479 g/mol. The third kappa shape index (κ3) is 9.62. The number of aromatic nitrogens is 2. The summed E-state index contributed by atoms with van der Waals surface area (Å²) in [6.07, 6.45) is 0.920. The summed E-state index contributed by atoms with van der Waals surface area (Å²) in [5.41, 5.74) is 5.09. The fourth-order valence-corrected chi connectivity index (χ4v) is 5.66. The molecular formula is C14H26N3O7P3S2. The lowest BCUT2D eigenvalue weighted by Gasteiger charge is -2.20. The molecule has 1 aromatic rings. The molecule has 1 fully saturated rings. The van der Waals surface area contributed by atoms with Crippen molar-refractivity contribution >= 4 is 54.5 Å². The second-order valence-corrected chi connectivity index (χ2v) is 12.3. The van der Waals surface area contributed by atoms with Crippen LogP contribution in [0, 0.1) is 0 Å². The van der Waals surface area contributed by atoms with Gasteiger partial charge in [0.25, 0.3) is 0 Å². The fourth-order valence-electron chi connectivity index (χ4n) is 2.36. The van der Waals surface area contributed by atoms with Gasteiger partial charge in [0.1, 0.15) is 24.1 Å². The van der Waals surface area contributed by atoms with Crippen LogP contribution in [0.5, 0.6) is 0 Å². The molecule has 0 saturated carbocycles. The van der Waals surface area contributed by atoms with Crippen molar-refractivity contribution in [1.82, 2.24) is 9.55 Å². The van der Waals surface area contributed by atoms with E-state index in [1.165, 1.54) is 4.57 Å². The molecule has 1 aromatic heterocycles. The molecule has 6 atom stereocenters. The molecule has 1 saturated heterocycles. The van der Waals surface area contributed by atoms with Gasteiger partial charge in [-0.25, -0.2) is 4.79 Å². The van der Waals surface area contributed by atoms with E-state index >= 15 is 0 Å². The van der Waals surface area contributed by atoms with Gasteiger partial charge in [-0.05, 0) is 6.07 Å². The Labute approximate surface area is 182 Å². The van der Waals surface area contributed by atoms with Gasteiger partial charge in [0.2, 0.25) is 0 Å². The largest absolute Gasteiger partial charge is 0.383 e. The van der Waals surface area contributed by atoms with E-state index in [4.69, 9.17) is 33.2 Å². The highest BCUT2D eigenvalue weighted by atomic mass is 33.1. The highest BCUT2D eigenvalue weighted by Crippen LogP contribution is 2.38. The number of hydrogen-bond donors (Lipinski definition) is 2. The van der Waals surface area contributed by atoms with Crippen LogP contribution in [0.25, 0.3) is 0 Å². The highest BCUT2D eigenvalue weighted by molar-refractivity contribution is 8.77. The van der Waals surface area contributed by atoms with Crippen LogP contribution in [0.2, 0.25) is 0 Å². The third-order valence-corrected chi connectivity index (χ3v) is 8.10. The average Bonchev–Trinajstić information content (AvgIpc) is 3.03. The molecule has 0 spiro atoms. The van der Waals surface area contributed by atoms with Crippen LogP contribution in [0.1, 0.15) is 33.4 Å². The van der Waals surface area contributed by atoms with Gasteiger partial charge in [0.05, 0.1) is 12.7 Å². The molecule has 1 aliphatic heterocycles. The van der Waals surface area contributed by atoms with Gasteiger partial charge in [-0.2, -0.15) is 4.98 Å². The SMILES string of the molecule is CC(C)(C)SSCOC1C[C@H](n2ccc(N)nc2=O)O[C@@H]1COPOPOPO. The molecule has 29 heavy (non-hydrogen) atoms. The predicted molar refractivity (Wildman–Crippen MR) is 121 cm³/mol. The van der Waals surface area contributed by atoms with Crippen molar-refractivity contribution in [2.24, 2.45) is 0 Å². The molecule has 4 unspecified atom stereocenters. The minimum Gasteiger partial charge on any atom is -0.383 e. The molecule has 2 rings (SSSR count). The molecule has 0 aromatic carbocycles. The van der Waals surface area contributed by atoms with Gasteiger partial charge in [-0.3, -0.25) is 13.2 Å². The van der Waals surface area contributed by atoms with Crippen LogP contribution in [-0.4, -0.2) is 43.9 Å². The van der Waals surface area contributed by atoms with E-state index in [0.29, 0.717) is 12.4 Å². The first-order valence-corrected chi connectivity index (χ1v) is 13.4. The van der Waals surface area contributed by atoms with Crippen molar-refractivity contribution < 1.29 is 27.5 Å². The number of ether oxygens (including phenoxy) is 2. The Morgan fingerprint density at radius 3 is 2.90 bits per heavy atom. The zero-order valence-electron chi connectivity index (χ0n) is 16.2. The minimum absolute atomic E-state index is 0.130. The number of nitrogens with two attached hydrogens (primary N) is 1. The second-order valence-electron chi connectivity index (χ2n) is 6.82. The lowest BCUT2D eigenvalue weighted by molar-refractivity contribution is -0.0493. The molecule has 10 nitrogen and oxygen atoms in total. The number of nitrogen functional groups attached to an aromatic ring is 1. The van der Waals surface area contributed by atoms with Gasteiger partial charge >= 0.3 is 5.69 Å². The summed E-state index contributed by atoms with van der Waals surface area (Å²) in [5.74, 6) is 0.650. The van der Waals surface area contributed by atoms with E-state index in [-0.39, 0.29) is 47.4 Å². The molecule has 0 amide bonds. The maximum absolute atomic E-state index is 12.1. The van der Waals surface area contributed by atoms with Crippen LogP contribution < -0.4 is 11.4 Å². The Hall–Kier alpha value is 0.430. The average molecular weight is 505 g/mol. The van der Waals surface area contributed by atoms with Crippen molar-refractivity contribution in [2.45, 2.75) is 50.4 Å². The van der Waals surface area contributed by atoms with Gasteiger partial charge in [0, 0.05) is 17.4 Å². The van der Waals surface area contributed by atoms with E-state index < -0.39 is 21.0 Å².